The van der Waals surface area contributed by atoms with Crippen LogP contribution in [0.4, 0.5) is 0 Å². The van der Waals surface area contributed by atoms with Crippen LogP contribution in [0.15, 0.2) is 30.3 Å². The minimum atomic E-state index is 0.155. The summed E-state index contributed by atoms with van der Waals surface area (Å²) < 4.78 is 0. The molecule has 0 saturated carbocycles. The molecule has 1 heterocycles. The summed E-state index contributed by atoms with van der Waals surface area (Å²) in [5, 5.41) is 0. The van der Waals surface area contributed by atoms with Gasteiger partial charge in [0.25, 0.3) is 0 Å². The summed E-state index contributed by atoms with van der Waals surface area (Å²) in [6, 6.07) is 10.8. The van der Waals surface area contributed by atoms with Gasteiger partial charge in [0.1, 0.15) is 5.78 Å². The van der Waals surface area contributed by atoms with Gasteiger partial charge in [-0.15, -0.1) is 0 Å². The molecule has 0 aromatic heterocycles. The van der Waals surface area contributed by atoms with E-state index in [4.69, 9.17) is 0 Å². The van der Waals surface area contributed by atoms with Gasteiger partial charge < -0.3 is 0 Å². The first kappa shape index (κ1) is 12.3. The van der Waals surface area contributed by atoms with Crippen molar-refractivity contribution in [3.63, 3.8) is 0 Å². The van der Waals surface area contributed by atoms with Gasteiger partial charge in [-0.05, 0) is 12.5 Å². The molecule has 0 radical (unpaired) electrons. The van der Waals surface area contributed by atoms with E-state index in [9.17, 15) is 4.79 Å². The monoisotopic (exact) mass is 231 g/mol. The van der Waals surface area contributed by atoms with Crippen LogP contribution in [0.3, 0.4) is 0 Å². The standard InChI is InChI=1S/C15H21NO/c1-11-9-16(13(3)12(2)15(11)17)10-14-7-5-4-6-8-14/h4-8,11-13H,9-10H2,1-3H3/t11-,12+,13+/m1/s1. The number of nitrogens with zero attached hydrogens (tertiary/aromatic N) is 1. The van der Waals surface area contributed by atoms with Crippen LogP contribution >= 0.6 is 0 Å². The van der Waals surface area contributed by atoms with E-state index in [2.05, 4.69) is 43.0 Å². The minimum Gasteiger partial charge on any atom is -0.299 e. The highest BCUT2D eigenvalue weighted by Crippen LogP contribution is 2.25. The summed E-state index contributed by atoms with van der Waals surface area (Å²) in [7, 11) is 0. The van der Waals surface area contributed by atoms with Gasteiger partial charge in [-0.25, -0.2) is 0 Å². The molecule has 2 rings (SSSR count). The van der Waals surface area contributed by atoms with Crippen molar-refractivity contribution >= 4 is 5.78 Å². The van der Waals surface area contributed by atoms with E-state index in [1.54, 1.807) is 0 Å². The molecule has 0 bridgehead atoms. The number of ketones is 1. The van der Waals surface area contributed by atoms with Crippen LogP contribution in [-0.4, -0.2) is 23.3 Å². The third kappa shape index (κ3) is 2.58. The maximum atomic E-state index is 11.9. The Kier molecular flexibility index (Phi) is 3.63. The molecule has 0 unspecified atom stereocenters. The van der Waals surface area contributed by atoms with Crippen molar-refractivity contribution in [1.29, 1.82) is 0 Å². The van der Waals surface area contributed by atoms with Crippen LogP contribution in [0, 0.1) is 11.8 Å². The summed E-state index contributed by atoms with van der Waals surface area (Å²) in [4.78, 5) is 14.3. The Morgan fingerprint density at radius 1 is 1.18 bits per heavy atom. The number of hydrogen-bond donors (Lipinski definition) is 0. The number of carbonyl (C=O) groups is 1. The number of rotatable bonds is 2. The van der Waals surface area contributed by atoms with Gasteiger partial charge in [0.05, 0.1) is 0 Å². The average Bonchev–Trinajstić information content (AvgIpc) is 2.35. The Hall–Kier alpha value is -1.15. The third-order valence-electron chi connectivity index (χ3n) is 3.97. The molecule has 1 fully saturated rings. The molecule has 1 aromatic rings. The molecule has 1 aliphatic heterocycles. The van der Waals surface area contributed by atoms with Crippen molar-refractivity contribution in [1.82, 2.24) is 4.90 Å². The Morgan fingerprint density at radius 3 is 2.47 bits per heavy atom. The Labute approximate surface area is 104 Å². The van der Waals surface area contributed by atoms with Gasteiger partial charge in [-0.1, -0.05) is 44.2 Å². The fourth-order valence-corrected chi connectivity index (χ4v) is 2.64. The summed E-state index contributed by atoms with van der Waals surface area (Å²) in [5.41, 5.74) is 1.33. The highest BCUT2D eigenvalue weighted by molar-refractivity contribution is 5.84. The van der Waals surface area contributed by atoms with Crippen LogP contribution in [0.1, 0.15) is 26.3 Å². The van der Waals surface area contributed by atoms with Gasteiger partial charge >= 0.3 is 0 Å². The molecule has 1 aliphatic rings. The van der Waals surface area contributed by atoms with E-state index in [0.717, 1.165) is 13.1 Å². The van der Waals surface area contributed by atoms with Crippen LogP contribution in [0.2, 0.25) is 0 Å². The predicted molar refractivity (Wildman–Crippen MR) is 69.6 cm³/mol. The van der Waals surface area contributed by atoms with Crippen molar-refractivity contribution in [2.24, 2.45) is 11.8 Å². The molecule has 1 saturated heterocycles. The fraction of sp³-hybridized carbons (Fsp3) is 0.533. The second kappa shape index (κ2) is 5.01. The van der Waals surface area contributed by atoms with E-state index in [0.29, 0.717) is 11.8 Å². The summed E-state index contributed by atoms with van der Waals surface area (Å²) in [6.07, 6.45) is 0. The molecule has 3 atom stereocenters. The Balaban J connectivity index is 2.09. The molecule has 92 valence electrons. The van der Waals surface area contributed by atoms with Crippen LogP contribution in [0.5, 0.6) is 0 Å². The van der Waals surface area contributed by atoms with Crippen LogP contribution in [-0.2, 0) is 11.3 Å². The van der Waals surface area contributed by atoms with Crippen molar-refractivity contribution in [3.8, 4) is 0 Å². The summed E-state index contributed by atoms with van der Waals surface area (Å²) in [6.45, 7) is 8.10. The van der Waals surface area contributed by atoms with Gasteiger partial charge in [-0.3, -0.25) is 9.69 Å². The number of likely N-dealkylation sites (tertiary alicyclic amines) is 1. The Morgan fingerprint density at radius 2 is 1.82 bits per heavy atom. The lowest BCUT2D eigenvalue weighted by atomic mass is 9.84. The smallest absolute Gasteiger partial charge is 0.141 e. The van der Waals surface area contributed by atoms with Gasteiger partial charge in [0, 0.05) is 31.0 Å². The van der Waals surface area contributed by atoms with Crippen molar-refractivity contribution in [3.05, 3.63) is 35.9 Å². The molecule has 0 amide bonds. The zero-order valence-electron chi connectivity index (χ0n) is 10.9. The zero-order valence-corrected chi connectivity index (χ0v) is 10.9. The van der Waals surface area contributed by atoms with E-state index in [-0.39, 0.29) is 11.8 Å². The van der Waals surface area contributed by atoms with Crippen molar-refractivity contribution in [2.45, 2.75) is 33.4 Å². The number of carbonyl (C=O) groups excluding carboxylic acids is 1. The largest absolute Gasteiger partial charge is 0.299 e. The van der Waals surface area contributed by atoms with E-state index in [1.807, 2.05) is 13.0 Å². The molecular weight excluding hydrogens is 210 g/mol. The molecule has 0 aliphatic carbocycles. The highest BCUT2D eigenvalue weighted by Gasteiger charge is 2.35. The van der Waals surface area contributed by atoms with Gasteiger partial charge in [0.15, 0.2) is 0 Å². The Bertz CT molecular complexity index is 387. The molecule has 2 heteroatoms. The fourth-order valence-electron chi connectivity index (χ4n) is 2.64. The number of hydrogen-bond acceptors (Lipinski definition) is 2. The second-order valence-electron chi connectivity index (χ2n) is 5.25. The summed E-state index contributed by atoms with van der Waals surface area (Å²) in [5.74, 6) is 0.745. The quantitative estimate of drug-likeness (QED) is 0.780. The predicted octanol–water partition coefficient (Wildman–Crippen LogP) is 2.73. The molecule has 2 nitrogen and oxygen atoms in total. The van der Waals surface area contributed by atoms with Gasteiger partial charge in [-0.2, -0.15) is 0 Å². The molecule has 17 heavy (non-hydrogen) atoms. The lowest BCUT2D eigenvalue weighted by Gasteiger charge is -2.40. The third-order valence-corrected chi connectivity index (χ3v) is 3.97. The van der Waals surface area contributed by atoms with Crippen molar-refractivity contribution in [2.75, 3.05) is 6.54 Å². The van der Waals surface area contributed by atoms with Crippen LogP contribution < -0.4 is 0 Å². The number of benzene rings is 1. The first-order chi connectivity index (χ1) is 8.09. The molecule has 1 aromatic carbocycles. The SMILES string of the molecule is C[C@@H]1CN(Cc2ccccc2)[C@@H](C)[C@H](C)C1=O. The van der Waals surface area contributed by atoms with E-state index >= 15 is 0 Å². The lowest BCUT2D eigenvalue weighted by molar-refractivity contribution is -0.133. The number of piperidine rings is 1. The second-order valence-corrected chi connectivity index (χ2v) is 5.25. The average molecular weight is 231 g/mol. The maximum Gasteiger partial charge on any atom is 0.141 e. The first-order valence-corrected chi connectivity index (χ1v) is 6.41. The normalized spacial score (nSPS) is 30.5. The van der Waals surface area contributed by atoms with Crippen molar-refractivity contribution < 1.29 is 4.79 Å². The molecule has 0 spiro atoms. The lowest BCUT2D eigenvalue weighted by Crippen LogP contribution is -2.50. The van der Waals surface area contributed by atoms with Gasteiger partial charge in [0.2, 0.25) is 0 Å². The maximum absolute atomic E-state index is 11.9. The van der Waals surface area contributed by atoms with Crippen LogP contribution in [0.25, 0.3) is 0 Å². The van der Waals surface area contributed by atoms with E-state index in [1.165, 1.54) is 5.56 Å². The minimum absolute atomic E-state index is 0.155. The summed E-state index contributed by atoms with van der Waals surface area (Å²) >= 11 is 0. The van der Waals surface area contributed by atoms with E-state index < -0.39 is 0 Å². The first-order valence-electron chi connectivity index (χ1n) is 6.41. The highest BCUT2D eigenvalue weighted by atomic mass is 16.1. The topological polar surface area (TPSA) is 20.3 Å². The molecule has 0 N–H and O–H groups in total. The molecular formula is C15H21NO. The number of Topliss-reactive ketones (excluding diaryl/α,β-unsaturated/α-hetero) is 1. The zero-order chi connectivity index (χ0) is 12.4.